The van der Waals surface area contributed by atoms with Gasteiger partial charge in [0.25, 0.3) is 10.0 Å². The van der Waals surface area contributed by atoms with E-state index in [0.717, 1.165) is 32.9 Å². The second-order valence-electron chi connectivity index (χ2n) is 7.57. The Hall–Kier alpha value is -3.64. The molecule has 0 spiro atoms. The summed E-state index contributed by atoms with van der Waals surface area (Å²) < 4.78 is 28.2. The molecule has 0 saturated heterocycles. The lowest BCUT2D eigenvalue weighted by molar-refractivity contribution is 0.594. The third-order valence-corrected chi connectivity index (χ3v) is 7.34. The van der Waals surface area contributed by atoms with Crippen LogP contribution in [-0.4, -0.2) is 25.4 Å². The van der Waals surface area contributed by atoms with Crippen LogP contribution >= 0.6 is 0 Å². The molecule has 0 aliphatic rings. The van der Waals surface area contributed by atoms with Gasteiger partial charge in [0.2, 0.25) is 0 Å². The van der Waals surface area contributed by atoms with Crippen molar-refractivity contribution in [2.24, 2.45) is 0 Å². The number of fused-ring (bicyclic) bond motifs is 2. The molecule has 4 aromatic carbocycles. The van der Waals surface area contributed by atoms with Gasteiger partial charge in [-0.15, -0.1) is 0 Å². The van der Waals surface area contributed by atoms with Crippen molar-refractivity contribution in [2.45, 2.75) is 11.8 Å². The molecule has 0 bridgehead atoms. The molecule has 0 unspecified atom stereocenters. The van der Waals surface area contributed by atoms with E-state index in [-0.39, 0.29) is 4.90 Å². The molecule has 0 amide bonds. The highest BCUT2D eigenvalue weighted by Crippen LogP contribution is 2.38. The Kier molecular flexibility index (Phi) is 4.52. The highest BCUT2D eigenvalue weighted by atomic mass is 32.2. The summed E-state index contributed by atoms with van der Waals surface area (Å²) in [5.74, 6) is 0.638. The van der Waals surface area contributed by atoms with E-state index in [4.69, 9.17) is 4.98 Å². The van der Waals surface area contributed by atoms with Crippen LogP contribution in [0, 0.1) is 6.92 Å². The largest absolute Gasteiger partial charge is 0.338 e. The maximum Gasteiger partial charge on any atom is 0.264 e. The first-order valence-corrected chi connectivity index (χ1v) is 11.4. The molecule has 1 heterocycles. The predicted molar refractivity (Wildman–Crippen MR) is 126 cm³/mol. The fourth-order valence-corrected chi connectivity index (χ4v) is 5.05. The minimum atomic E-state index is -3.75. The van der Waals surface area contributed by atoms with E-state index in [2.05, 4.69) is 4.98 Å². The van der Waals surface area contributed by atoms with Crippen LogP contribution in [-0.2, 0) is 10.0 Å². The predicted octanol–water partition coefficient (Wildman–Crippen LogP) is 5.52. The van der Waals surface area contributed by atoms with Gasteiger partial charge in [0, 0.05) is 12.6 Å². The van der Waals surface area contributed by atoms with E-state index < -0.39 is 10.0 Å². The van der Waals surface area contributed by atoms with E-state index in [9.17, 15) is 8.42 Å². The summed E-state index contributed by atoms with van der Waals surface area (Å²) in [5, 5.41) is 1.95. The Morgan fingerprint density at radius 3 is 2.32 bits per heavy atom. The fraction of sp³-hybridized carbons (Fsp3) is 0.0800. The smallest absolute Gasteiger partial charge is 0.264 e. The van der Waals surface area contributed by atoms with Crippen LogP contribution in [0.1, 0.15) is 5.56 Å². The third-order valence-electron chi connectivity index (χ3n) is 5.55. The maximum absolute atomic E-state index is 13.4. The fourth-order valence-electron chi connectivity index (χ4n) is 3.84. The number of anilines is 1. The molecule has 0 radical (unpaired) electrons. The molecular weight excluding hydrogens is 406 g/mol. The Balaban J connectivity index is 1.75. The average molecular weight is 428 g/mol. The zero-order chi connectivity index (χ0) is 21.6. The lowest BCUT2D eigenvalue weighted by Crippen LogP contribution is -2.27. The zero-order valence-corrected chi connectivity index (χ0v) is 18.0. The molecule has 5 aromatic rings. The first-order valence-electron chi connectivity index (χ1n) is 9.97. The minimum absolute atomic E-state index is 0.254. The topological polar surface area (TPSA) is 66.1 Å². The normalized spacial score (nSPS) is 11.8. The number of rotatable bonds is 4. The summed E-state index contributed by atoms with van der Waals surface area (Å²) in [7, 11) is -2.16. The van der Waals surface area contributed by atoms with Gasteiger partial charge in [-0.3, -0.25) is 4.31 Å². The number of hydrogen-bond donors (Lipinski definition) is 1. The van der Waals surface area contributed by atoms with Crippen molar-refractivity contribution in [1.29, 1.82) is 0 Å². The number of benzene rings is 4. The number of aromatic nitrogens is 2. The lowest BCUT2D eigenvalue weighted by atomic mass is 10.0. The van der Waals surface area contributed by atoms with Crippen LogP contribution in [0.3, 0.4) is 0 Å². The van der Waals surface area contributed by atoms with E-state index in [0.29, 0.717) is 11.5 Å². The van der Waals surface area contributed by atoms with Crippen LogP contribution in [0.2, 0.25) is 0 Å². The van der Waals surface area contributed by atoms with Crippen molar-refractivity contribution in [3.8, 4) is 11.4 Å². The lowest BCUT2D eigenvalue weighted by Gasteiger charge is -2.23. The van der Waals surface area contributed by atoms with Gasteiger partial charge in [-0.05, 0) is 48.0 Å². The van der Waals surface area contributed by atoms with Crippen molar-refractivity contribution in [2.75, 3.05) is 11.4 Å². The number of hydrogen-bond acceptors (Lipinski definition) is 3. The number of para-hydroxylation sites is 2. The molecule has 5 rings (SSSR count). The molecule has 0 saturated carbocycles. The molecule has 0 fully saturated rings. The standard InChI is InChI=1S/C25H21N3O2S/c1-17-11-14-19(15-12-17)31(29,30)28(2)23-16-13-18-7-3-4-8-20(18)24(23)25-26-21-9-5-6-10-22(21)27-25/h3-16H,1-2H3,(H,26,27). The van der Waals surface area contributed by atoms with Crippen molar-refractivity contribution in [1.82, 2.24) is 9.97 Å². The quantitative estimate of drug-likeness (QED) is 0.411. The molecule has 5 nitrogen and oxygen atoms in total. The molecule has 1 aromatic heterocycles. The maximum atomic E-state index is 13.4. The van der Waals surface area contributed by atoms with Crippen molar-refractivity contribution < 1.29 is 8.42 Å². The van der Waals surface area contributed by atoms with Gasteiger partial charge in [-0.1, -0.05) is 60.2 Å². The number of nitrogens with zero attached hydrogens (tertiary/aromatic N) is 2. The monoisotopic (exact) mass is 427 g/mol. The van der Waals surface area contributed by atoms with E-state index in [1.165, 1.54) is 4.31 Å². The number of nitrogens with one attached hydrogen (secondary N) is 1. The van der Waals surface area contributed by atoms with Gasteiger partial charge < -0.3 is 4.98 Å². The molecule has 1 N–H and O–H groups in total. The van der Waals surface area contributed by atoms with E-state index in [1.54, 1.807) is 31.3 Å². The molecule has 0 aliphatic carbocycles. The highest BCUT2D eigenvalue weighted by molar-refractivity contribution is 7.92. The first kappa shape index (κ1) is 19.3. The second kappa shape index (κ2) is 7.25. The number of aryl methyl sites for hydroxylation is 1. The number of imidazole rings is 1. The summed E-state index contributed by atoms with van der Waals surface area (Å²) in [4.78, 5) is 8.38. The van der Waals surface area contributed by atoms with Gasteiger partial charge in [-0.2, -0.15) is 0 Å². The Bertz CT molecular complexity index is 1490. The number of aromatic amines is 1. The first-order chi connectivity index (χ1) is 14.9. The van der Waals surface area contributed by atoms with Crippen molar-refractivity contribution in [3.05, 3.63) is 90.5 Å². The summed E-state index contributed by atoms with van der Waals surface area (Å²) >= 11 is 0. The molecule has 6 heteroatoms. The summed E-state index contributed by atoms with van der Waals surface area (Å²) in [6.45, 7) is 1.93. The molecule has 31 heavy (non-hydrogen) atoms. The molecule has 0 atom stereocenters. The van der Waals surface area contributed by atoms with Crippen LogP contribution in [0.15, 0.2) is 89.8 Å². The SMILES string of the molecule is Cc1ccc(S(=O)(=O)N(C)c2ccc3ccccc3c2-c2nc3ccccc3[nH]2)cc1. The Labute approximate surface area is 181 Å². The van der Waals surface area contributed by atoms with Crippen molar-refractivity contribution in [3.63, 3.8) is 0 Å². The Morgan fingerprint density at radius 2 is 1.55 bits per heavy atom. The van der Waals surface area contributed by atoms with Gasteiger partial charge in [0.15, 0.2) is 0 Å². The molecule has 154 valence electrons. The van der Waals surface area contributed by atoms with Crippen molar-refractivity contribution >= 4 is 37.5 Å². The second-order valence-corrected chi connectivity index (χ2v) is 9.54. The van der Waals surface area contributed by atoms with Gasteiger partial charge in [0.1, 0.15) is 5.82 Å². The number of sulfonamides is 1. The van der Waals surface area contributed by atoms with Gasteiger partial charge in [-0.25, -0.2) is 13.4 Å². The summed E-state index contributed by atoms with van der Waals surface area (Å²) in [6, 6.07) is 26.4. The van der Waals surface area contributed by atoms with Crippen LogP contribution in [0.25, 0.3) is 33.2 Å². The third kappa shape index (κ3) is 3.25. The molecular formula is C25H21N3O2S. The van der Waals surface area contributed by atoms with Crippen LogP contribution in [0.5, 0.6) is 0 Å². The van der Waals surface area contributed by atoms with Crippen LogP contribution in [0.4, 0.5) is 5.69 Å². The number of H-pyrrole nitrogens is 1. The zero-order valence-electron chi connectivity index (χ0n) is 17.2. The molecule has 0 aliphatic heterocycles. The minimum Gasteiger partial charge on any atom is -0.338 e. The van der Waals surface area contributed by atoms with E-state index >= 15 is 0 Å². The summed E-state index contributed by atoms with van der Waals surface area (Å²) in [5.41, 5.74) is 4.07. The summed E-state index contributed by atoms with van der Waals surface area (Å²) in [6.07, 6.45) is 0. The van der Waals surface area contributed by atoms with Gasteiger partial charge in [0.05, 0.1) is 21.6 Å². The van der Waals surface area contributed by atoms with Crippen LogP contribution < -0.4 is 4.31 Å². The average Bonchev–Trinajstić information content (AvgIpc) is 3.22. The highest BCUT2D eigenvalue weighted by Gasteiger charge is 2.25. The Morgan fingerprint density at radius 1 is 0.839 bits per heavy atom. The van der Waals surface area contributed by atoms with Gasteiger partial charge >= 0.3 is 0 Å². The van der Waals surface area contributed by atoms with E-state index in [1.807, 2.05) is 67.6 Å².